The largest absolute Gasteiger partial charge is 0.385 e. The summed E-state index contributed by atoms with van der Waals surface area (Å²) in [6.07, 6.45) is 2.67. The monoisotopic (exact) mass is 218 g/mol. The number of amides is 1. The number of hydrogen-bond donors (Lipinski definition) is 1. The minimum atomic E-state index is 0.0510. The van der Waals surface area contributed by atoms with Gasteiger partial charge in [0.25, 0.3) is 5.91 Å². The second-order valence-electron chi connectivity index (χ2n) is 4.60. The summed E-state index contributed by atoms with van der Waals surface area (Å²) in [6, 6.07) is 7.70. The molecule has 1 saturated carbocycles. The number of nitrogens with one attached hydrogen (secondary N) is 1. The van der Waals surface area contributed by atoms with Crippen molar-refractivity contribution in [1.82, 2.24) is 4.90 Å². The fraction of sp³-hybridized carbons (Fsp3) is 0.462. The van der Waals surface area contributed by atoms with Gasteiger partial charge in [0.2, 0.25) is 0 Å². The lowest BCUT2D eigenvalue weighted by Crippen LogP contribution is -2.21. The Morgan fingerprint density at radius 1 is 1.44 bits per heavy atom. The first-order chi connectivity index (χ1) is 7.66. The maximum atomic E-state index is 11.7. The van der Waals surface area contributed by atoms with E-state index in [4.69, 9.17) is 0 Å². The molecule has 0 aromatic heterocycles. The normalized spacial score (nSPS) is 14.6. The fourth-order valence-corrected chi connectivity index (χ4v) is 1.60. The van der Waals surface area contributed by atoms with E-state index in [2.05, 4.69) is 5.32 Å². The highest BCUT2D eigenvalue weighted by Crippen LogP contribution is 2.29. The Kier molecular flexibility index (Phi) is 3.13. The molecule has 1 aliphatic rings. The molecule has 1 N–H and O–H groups in total. The third kappa shape index (κ3) is 2.75. The van der Waals surface area contributed by atoms with Crippen LogP contribution in [0.1, 0.15) is 23.2 Å². The van der Waals surface area contributed by atoms with E-state index in [1.807, 2.05) is 24.3 Å². The van der Waals surface area contributed by atoms with Crippen molar-refractivity contribution in [2.45, 2.75) is 12.8 Å². The van der Waals surface area contributed by atoms with E-state index in [0.717, 1.165) is 23.7 Å². The van der Waals surface area contributed by atoms with Gasteiger partial charge in [-0.2, -0.15) is 0 Å². The van der Waals surface area contributed by atoms with Gasteiger partial charge in [0.15, 0.2) is 0 Å². The first-order valence-corrected chi connectivity index (χ1v) is 5.72. The molecule has 1 aromatic carbocycles. The van der Waals surface area contributed by atoms with Crippen LogP contribution in [0.2, 0.25) is 0 Å². The lowest BCUT2D eigenvalue weighted by molar-refractivity contribution is 0.0827. The lowest BCUT2D eigenvalue weighted by atomic mass is 10.2. The zero-order valence-electron chi connectivity index (χ0n) is 9.86. The number of benzene rings is 1. The Balaban J connectivity index is 2.02. The molecule has 0 radical (unpaired) electrons. The van der Waals surface area contributed by atoms with Gasteiger partial charge >= 0.3 is 0 Å². The van der Waals surface area contributed by atoms with Gasteiger partial charge in [0, 0.05) is 31.9 Å². The van der Waals surface area contributed by atoms with Gasteiger partial charge in [-0.05, 0) is 37.0 Å². The second-order valence-corrected chi connectivity index (χ2v) is 4.60. The molecule has 3 heteroatoms. The standard InChI is InChI=1S/C13H18N2O/c1-15(2)13(16)11-4-3-5-12(8-11)14-9-10-6-7-10/h3-5,8,10,14H,6-7,9H2,1-2H3. The Morgan fingerprint density at radius 2 is 2.19 bits per heavy atom. The Labute approximate surface area is 96.5 Å². The van der Waals surface area contributed by atoms with Crippen molar-refractivity contribution in [3.63, 3.8) is 0 Å². The van der Waals surface area contributed by atoms with Crippen LogP contribution in [-0.4, -0.2) is 31.4 Å². The SMILES string of the molecule is CN(C)C(=O)c1cccc(NCC2CC2)c1. The van der Waals surface area contributed by atoms with E-state index in [-0.39, 0.29) is 5.91 Å². The molecule has 1 aliphatic carbocycles. The van der Waals surface area contributed by atoms with Crippen LogP contribution in [0.15, 0.2) is 24.3 Å². The molecule has 0 aliphatic heterocycles. The van der Waals surface area contributed by atoms with Crippen molar-refractivity contribution in [3.05, 3.63) is 29.8 Å². The molecule has 1 aromatic rings. The first kappa shape index (κ1) is 11.0. The summed E-state index contributed by atoms with van der Waals surface area (Å²) in [5, 5.41) is 3.37. The van der Waals surface area contributed by atoms with E-state index in [1.54, 1.807) is 19.0 Å². The number of anilines is 1. The molecule has 0 atom stereocenters. The van der Waals surface area contributed by atoms with Crippen LogP contribution in [0, 0.1) is 5.92 Å². The zero-order valence-corrected chi connectivity index (χ0v) is 9.86. The Hall–Kier alpha value is -1.51. The smallest absolute Gasteiger partial charge is 0.253 e. The Morgan fingerprint density at radius 3 is 2.81 bits per heavy atom. The fourth-order valence-electron chi connectivity index (χ4n) is 1.60. The van der Waals surface area contributed by atoms with Gasteiger partial charge in [-0.1, -0.05) is 6.07 Å². The van der Waals surface area contributed by atoms with Gasteiger partial charge in [-0.15, -0.1) is 0 Å². The topological polar surface area (TPSA) is 32.3 Å². The molecular formula is C13H18N2O. The van der Waals surface area contributed by atoms with Crippen LogP contribution in [0.4, 0.5) is 5.69 Å². The molecule has 0 saturated heterocycles. The molecule has 2 rings (SSSR count). The molecule has 0 unspecified atom stereocenters. The first-order valence-electron chi connectivity index (χ1n) is 5.72. The summed E-state index contributed by atoms with van der Waals surface area (Å²) in [5.41, 5.74) is 1.78. The minimum absolute atomic E-state index is 0.0510. The molecule has 0 bridgehead atoms. The summed E-state index contributed by atoms with van der Waals surface area (Å²) < 4.78 is 0. The predicted molar refractivity (Wildman–Crippen MR) is 65.7 cm³/mol. The van der Waals surface area contributed by atoms with E-state index in [0.29, 0.717) is 0 Å². The number of carbonyl (C=O) groups is 1. The summed E-state index contributed by atoms with van der Waals surface area (Å²) in [5.74, 6) is 0.892. The average molecular weight is 218 g/mol. The summed E-state index contributed by atoms with van der Waals surface area (Å²) in [6.45, 7) is 1.03. The number of hydrogen-bond acceptors (Lipinski definition) is 2. The van der Waals surface area contributed by atoms with Gasteiger partial charge in [-0.25, -0.2) is 0 Å². The lowest BCUT2D eigenvalue weighted by Gasteiger charge is -2.12. The highest BCUT2D eigenvalue weighted by Gasteiger charge is 2.20. The van der Waals surface area contributed by atoms with Crippen LogP contribution in [0.25, 0.3) is 0 Å². The van der Waals surface area contributed by atoms with Gasteiger partial charge < -0.3 is 10.2 Å². The van der Waals surface area contributed by atoms with E-state index < -0.39 is 0 Å². The van der Waals surface area contributed by atoms with Crippen molar-refractivity contribution in [1.29, 1.82) is 0 Å². The number of carbonyl (C=O) groups excluding carboxylic acids is 1. The molecule has 1 fully saturated rings. The molecule has 0 heterocycles. The highest BCUT2D eigenvalue weighted by molar-refractivity contribution is 5.94. The molecule has 16 heavy (non-hydrogen) atoms. The number of rotatable bonds is 4. The quantitative estimate of drug-likeness (QED) is 0.840. The van der Waals surface area contributed by atoms with E-state index in [1.165, 1.54) is 12.8 Å². The van der Waals surface area contributed by atoms with Crippen LogP contribution >= 0.6 is 0 Å². The number of nitrogens with zero attached hydrogens (tertiary/aromatic N) is 1. The van der Waals surface area contributed by atoms with Crippen LogP contribution in [-0.2, 0) is 0 Å². The van der Waals surface area contributed by atoms with Gasteiger partial charge in [-0.3, -0.25) is 4.79 Å². The van der Waals surface area contributed by atoms with E-state index >= 15 is 0 Å². The van der Waals surface area contributed by atoms with Crippen molar-refractivity contribution < 1.29 is 4.79 Å². The van der Waals surface area contributed by atoms with Crippen molar-refractivity contribution in [2.75, 3.05) is 26.0 Å². The summed E-state index contributed by atoms with van der Waals surface area (Å²) >= 11 is 0. The predicted octanol–water partition coefficient (Wildman–Crippen LogP) is 2.21. The molecule has 3 nitrogen and oxygen atoms in total. The minimum Gasteiger partial charge on any atom is -0.385 e. The van der Waals surface area contributed by atoms with Crippen molar-refractivity contribution >= 4 is 11.6 Å². The van der Waals surface area contributed by atoms with Crippen molar-refractivity contribution in [3.8, 4) is 0 Å². The summed E-state index contributed by atoms with van der Waals surface area (Å²) in [4.78, 5) is 13.3. The summed E-state index contributed by atoms with van der Waals surface area (Å²) in [7, 11) is 3.54. The maximum absolute atomic E-state index is 11.7. The molecule has 1 amide bonds. The Bertz CT molecular complexity index is 383. The van der Waals surface area contributed by atoms with Crippen LogP contribution < -0.4 is 5.32 Å². The third-order valence-corrected chi connectivity index (χ3v) is 2.81. The molecule has 86 valence electrons. The maximum Gasteiger partial charge on any atom is 0.253 e. The van der Waals surface area contributed by atoms with Crippen LogP contribution in [0.3, 0.4) is 0 Å². The molecular weight excluding hydrogens is 200 g/mol. The second kappa shape index (κ2) is 4.56. The van der Waals surface area contributed by atoms with E-state index in [9.17, 15) is 4.79 Å². The average Bonchev–Trinajstić information content (AvgIpc) is 3.09. The van der Waals surface area contributed by atoms with Gasteiger partial charge in [0.1, 0.15) is 0 Å². The highest BCUT2D eigenvalue weighted by atomic mass is 16.2. The zero-order chi connectivity index (χ0) is 11.5. The van der Waals surface area contributed by atoms with Gasteiger partial charge in [0.05, 0.1) is 0 Å². The van der Waals surface area contributed by atoms with Crippen molar-refractivity contribution in [2.24, 2.45) is 5.92 Å². The van der Waals surface area contributed by atoms with Crippen LogP contribution in [0.5, 0.6) is 0 Å². The third-order valence-electron chi connectivity index (χ3n) is 2.81. The molecule has 0 spiro atoms.